The van der Waals surface area contributed by atoms with Crippen molar-refractivity contribution in [3.05, 3.63) is 11.1 Å². The normalized spacial score (nSPS) is 35.6. The average molecular weight is 240 g/mol. The molecule has 2 heterocycles. The summed E-state index contributed by atoms with van der Waals surface area (Å²) in [4.78, 5) is 0. The van der Waals surface area contributed by atoms with E-state index in [2.05, 4.69) is 6.92 Å². The second kappa shape index (κ2) is 4.35. The van der Waals surface area contributed by atoms with E-state index >= 15 is 0 Å². The van der Waals surface area contributed by atoms with Crippen LogP contribution in [0.4, 0.5) is 0 Å². The Kier molecular flexibility index (Phi) is 2.99. The predicted octanol–water partition coefficient (Wildman–Crippen LogP) is 1.38. The molecule has 0 aromatic rings. The Morgan fingerprint density at radius 2 is 2.06 bits per heavy atom. The van der Waals surface area contributed by atoms with E-state index in [1.807, 2.05) is 0 Å². The van der Waals surface area contributed by atoms with Crippen LogP contribution in [0.25, 0.3) is 0 Å². The van der Waals surface area contributed by atoms with Crippen molar-refractivity contribution >= 4 is 0 Å². The molecule has 4 heteroatoms. The average Bonchev–Trinajstić information content (AvgIpc) is 2.94. The Morgan fingerprint density at radius 3 is 2.65 bits per heavy atom. The molecule has 0 aromatic heterocycles. The Morgan fingerprint density at radius 1 is 1.29 bits per heavy atom. The zero-order chi connectivity index (χ0) is 11.9. The summed E-state index contributed by atoms with van der Waals surface area (Å²) in [6, 6.07) is 0. The fourth-order valence-electron chi connectivity index (χ4n) is 2.95. The lowest BCUT2D eigenvalue weighted by molar-refractivity contribution is -0.163. The first-order valence-electron chi connectivity index (χ1n) is 6.44. The number of ether oxygens (including phenoxy) is 3. The van der Waals surface area contributed by atoms with Crippen molar-refractivity contribution in [1.29, 1.82) is 0 Å². The number of epoxide rings is 1. The van der Waals surface area contributed by atoms with Gasteiger partial charge in [0.1, 0.15) is 6.10 Å². The van der Waals surface area contributed by atoms with Gasteiger partial charge < -0.3 is 19.3 Å². The molecule has 0 amide bonds. The molecule has 96 valence electrons. The monoisotopic (exact) mass is 240 g/mol. The molecule has 2 atom stereocenters. The first-order chi connectivity index (χ1) is 8.22. The van der Waals surface area contributed by atoms with Crippen molar-refractivity contribution in [2.24, 2.45) is 0 Å². The standard InChI is InChI=1S/C13H20O4/c1-9-7-13(15-4-5-16-13)3-2-10(9)6-11-12(8-14)17-11/h11-12,14H,2-8H2,1H3/t11-,12-/m0/s1. The van der Waals surface area contributed by atoms with Crippen molar-refractivity contribution in [3.63, 3.8) is 0 Å². The second-order valence-electron chi connectivity index (χ2n) is 5.27. The Hall–Kier alpha value is -0.420. The minimum Gasteiger partial charge on any atom is -0.394 e. The van der Waals surface area contributed by atoms with Gasteiger partial charge in [0.2, 0.25) is 0 Å². The molecular weight excluding hydrogens is 220 g/mol. The number of aliphatic hydroxyl groups excluding tert-OH is 1. The molecule has 2 aliphatic heterocycles. The van der Waals surface area contributed by atoms with Crippen molar-refractivity contribution in [3.8, 4) is 0 Å². The fourth-order valence-corrected chi connectivity index (χ4v) is 2.95. The Labute approximate surface area is 102 Å². The number of hydrogen-bond donors (Lipinski definition) is 1. The zero-order valence-electron chi connectivity index (χ0n) is 10.3. The first-order valence-corrected chi connectivity index (χ1v) is 6.44. The summed E-state index contributed by atoms with van der Waals surface area (Å²) in [6.45, 7) is 3.76. The van der Waals surface area contributed by atoms with Gasteiger partial charge in [-0.15, -0.1) is 0 Å². The second-order valence-corrected chi connectivity index (χ2v) is 5.27. The van der Waals surface area contributed by atoms with E-state index in [4.69, 9.17) is 19.3 Å². The lowest BCUT2D eigenvalue weighted by Gasteiger charge is -2.33. The fraction of sp³-hybridized carbons (Fsp3) is 0.846. The van der Waals surface area contributed by atoms with E-state index in [0.717, 1.165) is 38.9 Å². The van der Waals surface area contributed by atoms with Crippen LogP contribution in [-0.4, -0.2) is 42.9 Å². The van der Waals surface area contributed by atoms with Gasteiger partial charge in [-0.25, -0.2) is 0 Å². The molecule has 1 N–H and O–H groups in total. The highest BCUT2D eigenvalue weighted by Crippen LogP contribution is 2.41. The van der Waals surface area contributed by atoms with E-state index in [1.165, 1.54) is 11.1 Å². The number of hydrogen-bond acceptors (Lipinski definition) is 4. The van der Waals surface area contributed by atoms with Crippen LogP contribution in [0.3, 0.4) is 0 Å². The molecule has 2 fully saturated rings. The maximum Gasteiger partial charge on any atom is 0.172 e. The highest BCUT2D eigenvalue weighted by molar-refractivity contribution is 5.20. The Balaban J connectivity index is 1.62. The van der Waals surface area contributed by atoms with Crippen molar-refractivity contribution in [2.45, 2.75) is 50.6 Å². The van der Waals surface area contributed by atoms with Crippen LogP contribution in [0.5, 0.6) is 0 Å². The summed E-state index contributed by atoms with van der Waals surface area (Å²) in [5.74, 6) is -0.325. The van der Waals surface area contributed by atoms with Crippen molar-refractivity contribution < 1.29 is 19.3 Å². The molecule has 0 bridgehead atoms. The smallest absolute Gasteiger partial charge is 0.172 e. The maximum atomic E-state index is 8.96. The molecule has 1 aliphatic carbocycles. The molecule has 1 spiro atoms. The molecule has 3 rings (SSSR count). The molecule has 17 heavy (non-hydrogen) atoms. The van der Waals surface area contributed by atoms with E-state index in [9.17, 15) is 0 Å². The third-order valence-electron chi connectivity index (χ3n) is 4.07. The van der Waals surface area contributed by atoms with Gasteiger partial charge in [0.25, 0.3) is 0 Å². The van der Waals surface area contributed by atoms with Crippen LogP contribution in [0.1, 0.15) is 32.6 Å². The van der Waals surface area contributed by atoms with E-state index in [1.54, 1.807) is 0 Å². The highest BCUT2D eigenvalue weighted by Gasteiger charge is 2.43. The molecule has 3 aliphatic rings. The van der Waals surface area contributed by atoms with E-state index < -0.39 is 0 Å². The van der Waals surface area contributed by atoms with Crippen LogP contribution in [0.2, 0.25) is 0 Å². The molecule has 4 nitrogen and oxygen atoms in total. The predicted molar refractivity (Wildman–Crippen MR) is 61.5 cm³/mol. The molecule has 0 radical (unpaired) electrons. The van der Waals surface area contributed by atoms with Gasteiger partial charge >= 0.3 is 0 Å². The lowest BCUT2D eigenvalue weighted by Crippen LogP contribution is -2.33. The van der Waals surface area contributed by atoms with Crippen LogP contribution in [0.15, 0.2) is 11.1 Å². The molecule has 2 saturated heterocycles. The van der Waals surface area contributed by atoms with Crippen molar-refractivity contribution in [1.82, 2.24) is 0 Å². The molecule has 0 saturated carbocycles. The summed E-state index contributed by atoms with van der Waals surface area (Å²) >= 11 is 0. The van der Waals surface area contributed by atoms with Crippen LogP contribution >= 0.6 is 0 Å². The lowest BCUT2D eigenvalue weighted by atomic mass is 9.85. The van der Waals surface area contributed by atoms with Gasteiger partial charge in [0, 0.05) is 12.8 Å². The molecule has 0 aromatic carbocycles. The zero-order valence-corrected chi connectivity index (χ0v) is 10.3. The largest absolute Gasteiger partial charge is 0.394 e. The minimum atomic E-state index is -0.325. The Bertz CT molecular complexity index is 330. The summed E-state index contributed by atoms with van der Waals surface area (Å²) < 4.78 is 16.9. The van der Waals surface area contributed by atoms with Crippen LogP contribution in [0, 0.1) is 0 Å². The maximum absolute atomic E-state index is 8.96. The third kappa shape index (κ3) is 2.27. The highest BCUT2D eigenvalue weighted by atomic mass is 16.7. The quantitative estimate of drug-likeness (QED) is 0.598. The summed E-state index contributed by atoms with van der Waals surface area (Å²) in [7, 11) is 0. The van der Waals surface area contributed by atoms with Gasteiger partial charge in [-0.05, 0) is 19.8 Å². The number of rotatable bonds is 3. The third-order valence-corrected chi connectivity index (χ3v) is 4.07. The SMILES string of the molecule is CC1=C(C[C@@H]2O[C@H]2CO)CCC2(C1)OCCO2. The van der Waals surface area contributed by atoms with Gasteiger partial charge in [-0.1, -0.05) is 11.1 Å². The van der Waals surface area contributed by atoms with Crippen LogP contribution in [-0.2, 0) is 14.2 Å². The van der Waals surface area contributed by atoms with E-state index in [-0.39, 0.29) is 24.6 Å². The van der Waals surface area contributed by atoms with Crippen LogP contribution < -0.4 is 0 Å². The minimum absolute atomic E-state index is 0.0742. The number of aliphatic hydroxyl groups is 1. The van der Waals surface area contributed by atoms with Gasteiger partial charge in [-0.2, -0.15) is 0 Å². The van der Waals surface area contributed by atoms with Gasteiger partial charge in [-0.3, -0.25) is 0 Å². The summed E-state index contributed by atoms with van der Waals surface area (Å²) in [6.07, 6.45) is 4.15. The summed E-state index contributed by atoms with van der Waals surface area (Å²) in [5, 5.41) is 8.96. The molecule has 0 unspecified atom stereocenters. The molecular formula is C13H20O4. The first kappa shape index (κ1) is 11.7. The van der Waals surface area contributed by atoms with Gasteiger partial charge in [0.15, 0.2) is 5.79 Å². The van der Waals surface area contributed by atoms with Gasteiger partial charge in [0.05, 0.1) is 25.9 Å². The summed E-state index contributed by atoms with van der Waals surface area (Å²) in [5.41, 5.74) is 2.85. The topological polar surface area (TPSA) is 51.2 Å². The van der Waals surface area contributed by atoms with E-state index in [0.29, 0.717) is 0 Å². The van der Waals surface area contributed by atoms with Crippen molar-refractivity contribution in [2.75, 3.05) is 19.8 Å².